The number of halogens is 1. The number of aryl methyl sites for hydroxylation is 1. The Morgan fingerprint density at radius 2 is 1.65 bits per heavy atom. The van der Waals surface area contributed by atoms with Gasteiger partial charge in [0, 0.05) is 41.9 Å². The van der Waals surface area contributed by atoms with Crippen molar-refractivity contribution in [3.8, 4) is 0 Å². The number of carbonyl (C=O) groups excluding carboxylic acids is 3. The summed E-state index contributed by atoms with van der Waals surface area (Å²) >= 11 is 6.47. The van der Waals surface area contributed by atoms with Gasteiger partial charge in [-0.05, 0) is 49.2 Å². The second kappa shape index (κ2) is 12.0. The van der Waals surface area contributed by atoms with Crippen LogP contribution in [-0.2, 0) is 9.59 Å². The molecule has 0 atom stereocenters. The van der Waals surface area contributed by atoms with Gasteiger partial charge in [0.25, 0.3) is 0 Å². The average Bonchev–Trinajstić information content (AvgIpc) is 2.81. The summed E-state index contributed by atoms with van der Waals surface area (Å²) in [4.78, 5) is 35.6. The van der Waals surface area contributed by atoms with Gasteiger partial charge >= 0.3 is 0 Å². The molecule has 0 aliphatic heterocycles. The van der Waals surface area contributed by atoms with Gasteiger partial charge in [-0.3, -0.25) is 9.59 Å². The molecule has 174 valence electrons. The highest BCUT2D eigenvalue weighted by atomic mass is 35.5. The van der Waals surface area contributed by atoms with Crippen molar-refractivity contribution < 1.29 is 14.4 Å². The van der Waals surface area contributed by atoms with Crippen molar-refractivity contribution >= 4 is 46.5 Å². The highest BCUT2D eigenvalue weighted by molar-refractivity contribution is 6.35. The molecule has 3 aromatic rings. The fourth-order valence-corrected chi connectivity index (χ4v) is 3.66. The fourth-order valence-electron chi connectivity index (χ4n) is 3.40. The van der Waals surface area contributed by atoms with Crippen molar-refractivity contribution in [3.63, 3.8) is 0 Å². The van der Waals surface area contributed by atoms with E-state index in [1.54, 1.807) is 18.2 Å². The van der Waals surface area contributed by atoms with Crippen LogP contribution in [0.3, 0.4) is 0 Å². The molecule has 0 unspecified atom stereocenters. The quantitative estimate of drug-likeness (QED) is 0.347. The SMILES string of the molecule is CC(=O)CCC(=O)NCC=Cc1ccccc1Nc1ccc(C(=O)c2ccccc2C)c(Cl)c1. The van der Waals surface area contributed by atoms with Crippen LogP contribution in [0.25, 0.3) is 6.08 Å². The smallest absolute Gasteiger partial charge is 0.220 e. The van der Waals surface area contributed by atoms with Gasteiger partial charge in [0.15, 0.2) is 5.78 Å². The summed E-state index contributed by atoms with van der Waals surface area (Å²) in [6, 6.07) is 20.5. The predicted molar refractivity (Wildman–Crippen MR) is 138 cm³/mol. The number of hydrogen-bond donors (Lipinski definition) is 2. The van der Waals surface area contributed by atoms with Crippen molar-refractivity contribution in [3.05, 3.63) is 100 Å². The second-order valence-corrected chi connectivity index (χ2v) is 8.37. The molecule has 0 spiro atoms. The maximum absolute atomic E-state index is 12.9. The maximum atomic E-state index is 12.9. The van der Waals surface area contributed by atoms with Crippen LogP contribution in [0.4, 0.5) is 11.4 Å². The van der Waals surface area contributed by atoms with Crippen molar-refractivity contribution in [2.45, 2.75) is 26.7 Å². The van der Waals surface area contributed by atoms with Crippen molar-refractivity contribution in [2.24, 2.45) is 0 Å². The molecular weight excluding hydrogens is 448 g/mol. The van der Waals surface area contributed by atoms with E-state index in [1.807, 2.05) is 67.6 Å². The Morgan fingerprint density at radius 1 is 0.912 bits per heavy atom. The molecule has 0 fully saturated rings. The van der Waals surface area contributed by atoms with Crippen LogP contribution >= 0.6 is 11.6 Å². The molecule has 1 amide bonds. The Morgan fingerprint density at radius 3 is 2.38 bits per heavy atom. The number of carbonyl (C=O) groups is 3. The predicted octanol–water partition coefficient (Wildman–Crippen LogP) is 6.12. The third kappa shape index (κ3) is 6.90. The Hall–Kier alpha value is -3.70. The molecule has 0 aromatic heterocycles. The number of hydrogen-bond acceptors (Lipinski definition) is 4. The molecule has 0 saturated carbocycles. The van der Waals surface area contributed by atoms with Gasteiger partial charge in [0.1, 0.15) is 5.78 Å². The molecule has 6 heteroatoms. The Bertz CT molecular complexity index is 1230. The van der Waals surface area contributed by atoms with Gasteiger partial charge in [-0.15, -0.1) is 0 Å². The monoisotopic (exact) mass is 474 g/mol. The first-order chi connectivity index (χ1) is 16.3. The number of rotatable bonds is 10. The van der Waals surface area contributed by atoms with Crippen molar-refractivity contribution in [1.29, 1.82) is 0 Å². The topological polar surface area (TPSA) is 75.3 Å². The molecule has 34 heavy (non-hydrogen) atoms. The molecule has 0 bridgehead atoms. The van der Waals surface area contributed by atoms with Crippen LogP contribution in [0.15, 0.2) is 72.8 Å². The molecule has 0 radical (unpaired) electrons. The van der Waals surface area contributed by atoms with Crippen LogP contribution in [-0.4, -0.2) is 24.0 Å². The zero-order chi connectivity index (χ0) is 24.5. The highest BCUT2D eigenvalue weighted by Crippen LogP contribution is 2.28. The first-order valence-electron chi connectivity index (χ1n) is 11.0. The van der Waals surface area contributed by atoms with Gasteiger partial charge in [-0.1, -0.05) is 66.2 Å². The fraction of sp³-hybridized carbons (Fsp3) is 0.179. The minimum atomic E-state index is -0.152. The third-order valence-corrected chi connectivity index (χ3v) is 5.57. The van der Waals surface area contributed by atoms with Gasteiger partial charge in [0.2, 0.25) is 5.91 Å². The van der Waals surface area contributed by atoms with E-state index in [2.05, 4.69) is 10.6 Å². The zero-order valence-electron chi connectivity index (χ0n) is 19.2. The second-order valence-electron chi connectivity index (χ2n) is 7.96. The van der Waals surface area contributed by atoms with E-state index in [0.29, 0.717) is 22.7 Å². The highest BCUT2D eigenvalue weighted by Gasteiger charge is 2.15. The van der Waals surface area contributed by atoms with Gasteiger partial charge in [-0.2, -0.15) is 0 Å². The van der Waals surface area contributed by atoms with Crippen LogP contribution < -0.4 is 10.6 Å². The van der Waals surface area contributed by atoms with E-state index < -0.39 is 0 Å². The number of para-hydroxylation sites is 1. The number of amides is 1. The van der Waals surface area contributed by atoms with Crippen molar-refractivity contribution in [2.75, 3.05) is 11.9 Å². The van der Waals surface area contributed by atoms with E-state index in [0.717, 1.165) is 22.5 Å². The summed E-state index contributed by atoms with van der Waals surface area (Å²) in [7, 11) is 0. The van der Waals surface area contributed by atoms with E-state index in [1.165, 1.54) is 6.92 Å². The minimum Gasteiger partial charge on any atom is -0.355 e. The van der Waals surface area contributed by atoms with Gasteiger partial charge in [-0.25, -0.2) is 0 Å². The number of nitrogens with one attached hydrogen (secondary N) is 2. The normalized spacial score (nSPS) is 10.8. The molecule has 5 nitrogen and oxygen atoms in total. The lowest BCUT2D eigenvalue weighted by Gasteiger charge is -2.12. The Labute approximate surface area is 204 Å². The Balaban J connectivity index is 1.68. The first-order valence-corrected chi connectivity index (χ1v) is 11.4. The largest absolute Gasteiger partial charge is 0.355 e. The van der Waals surface area contributed by atoms with Crippen LogP contribution in [0.2, 0.25) is 5.02 Å². The van der Waals surface area contributed by atoms with E-state index in [-0.39, 0.29) is 30.3 Å². The lowest BCUT2D eigenvalue weighted by atomic mass is 9.99. The molecular formula is C28H27ClN2O3. The van der Waals surface area contributed by atoms with E-state index in [4.69, 9.17) is 11.6 Å². The zero-order valence-corrected chi connectivity index (χ0v) is 20.0. The number of benzene rings is 3. The van der Waals surface area contributed by atoms with Gasteiger partial charge < -0.3 is 15.4 Å². The summed E-state index contributed by atoms with van der Waals surface area (Å²) in [5.41, 5.74) is 4.53. The van der Waals surface area contributed by atoms with E-state index >= 15 is 0 Å². The summed E-state index contributed by atoms with van der Waals surface area (Å²) in [6.45, 7) is 3.74. The molecule has 0 saturated heterocycles. The third-order valence-electron chi connectivity index (χ3n) is 5.26. The van der Waals surface area contributed by atoms with Crippen molar-refractivity contribution in [1.82, 2.24) is 5.32 Å². The lowest BCUT2D eigenvalue weighted by molar-refractivity contribution is -0.124. The van der Waals surface area contributed by atoms with Crippen LogP contribution in [0, 0.1) is 6.92 Å². The van der Waals surface area contributed by atoms with E-state index in [9.17, 15) is 14.4 Å². The summed E-state index contributed by atoms with van der Waals surface area (Å²) in [5, 5.41) is 6.49. The van der Waals surface area contributed by atoms with Crippen LogP contribution in [0.1, 0.15) is 46.8 Å². The molecule has 0 aliphatic carbocycles. The molecule has 0 aliphatic rings. The maximum Gasteiger partial charge on any atom is 0.220 e. The summed E-state index contributed by atoms with van der Waals surface area (Å²) < 4.78 is 0. The number of ketones is 2. The summed E-state index contributed by atoms with van der Waals surface area (Å²) in [6.07, 6.45) is 4.21. The number of anilines is 2. The first kappa shape index (κ1) is 24.9. The van der Waals surface area contributed by atoms with Crippen LogP contribution in [0.5, 0.6) is 0 Å². The summed E-state index contributed by atoms with van der Waals surface area (Å²) in [5.74, 6) is -0.261. The lowest BCUT2D eigenvalue weighted by Crippen LogP contribution is -2.23. The molecule has 3 rings (SSSR count). The molecule has 3 aromatic carbocycles. The number of Topliss-reactive ketones (excluding diaryl/α,β-unsaturated/α-hetero) is 1. The molecule has 0 heterocycles. The van der Waals surface area contributed by atoms with Gasteiger partial charge in [0.05, 0.1) is 5.02 Å². The average molecular weight is 475 g/mol. The standard InChI is InChI=1S/C28H27ClN2O3/c1-19-8-3-5-11-23(19)28(34)24-15-14-22(18-25(24)29)31-26-12-6-4-9-21(26)10-7-17-30-27(33)16-13-20(2)32/h3-12,14-15,18,31H,13,16-17H2,1-2H3,(H,30,33). The molecule has 2 N–H and O–H groups in total. The Kier molecular flexibility index (Phi) is 8.77. The minimum absolute atomic E-state index is 0.00150.